The van der Waals surface area contributed by atoms with Crippen LogP contribution in [0.2, 0.25) is 0 Å². The third-order valence-corrected chi connectivity index (χ3v) is 3.13. The van der Waals surface area contributed by atoms with Gasteiger partial charge in [0.1, 0.15) is 0 Å². The molecule has 0 atom stereocenters. The Morgan fingerprint density at radius 3 is 3.00 bits per heavy atom. The zero-order valence-corrected chi connectivity index (χ0v) is 10.7. The maximum absolute atomic E-state index is 4.32. The van der Waals surface area contributed by atoms with Gasteiger partial charge >= 0.3 is 0 Å². The minimum Gasteiger partial charge on any atom is -0.312 e. The normalized spacial score (nSPS) is 10.9. The molecule has 0 unspecified atom stereocenters. The van der Waals surface area contributed by atoms with Crippen molar-refractivity contribution >= 4 is 5.52 Å². The van der Waals surface area contributed by atoms with E-state index in [9.17, 15) is 0 Å². The van der Waals surface area contributed by atoms with Gasteiger partial charge in [-0.05, 0) is 36.7 Å². The van der Waals surface area contributed by atoms with Crippen LogP contribution in [-0.2, 0) is 13.0 Å². The maximum Gasteiger partial charge on any atom is 0.0706 e. The molecule has 4 nitrogen and oxygen atoms in total. The van der Waals surface area contributed by atoms with Gasteiger partial charge < -0.3 is 5.32 Å². The molecule has 0 radical (unpaired) electrons. The number of pyridine rings is 2. The number of hydrogen-bond acceptors (Lipinski definition) is 3. The lowest BCUT2D eigenvalue weighted by Crippen LogP contribution is -2.16. The van der Waals surface area contributed by atoms with Crippen LogP contribution in [0.15, 0.2) is 55.1 Å². The molecule has 0 saturated carbocycles. The molecule has 0 saturated heterocycles. The summed E-state index contributed by atoms with van der Waals surface area (Å²) in [5.41, 5.74) is 3.65. The highest BCUT2D eigenvalue weighted by Gasteiger charge is 2.02. The number of nitrogens with zero attached hydrogens (tertiary/aromatic N) is 3. The molecule has 19 heavy (non-hydrogen) atoms. The molecule has 0 aliphatic carbocycles. The lowest BCUT2D eigenvalue weighted by molar-refractivity contribution is 0.688. The molecule has 0 aliphatic heterocycles. The fourth-order valence-corrected chi connectivity index (χ4v) is 2.13. The second-order valence-corrected chi connectivity index (χ2v) is 4.49. The number of rotatable bonds is 5. The summed E-state index contributed by atoms with van der Waals surface area (Å²) in [6.45, 7) is 1.78. The van der Waals surface area contributed by atoms with E-state index in [4.69, 9.17) is 0 Å². The summed E-state index contributed by atoms with van der Waals surface area (Å²) in [7, 11) is 0. The van der Waals surface area contributed by atoms with Crippen LogP contribution < -0.4 is 5.32 Å². The molecule has 0 aromatic carbocycles. The smallest absolute Gasteiger partial charge is 0.0706 e. The maximum atomic E-state index is 4.32. The first-order valence-electron chi connectivity index (χ1n) is 6.44. The van der Waals surface area contributed by atoms with Crippen molar-refractivity contribution in [2.24, 2.45) is 0 Å². The first kappa shape index (κ1) is 11.9. The fourth-order valence-electron chi connectivity index (χ4n) is 2.13. The predicted molar refractivity (Wildman–Crippen MR) is 74.8 cm³/mol. The third kappa shape index (κ3) is 2.80. The van der Waals surface area contributed by atoms with Gasteiger partial charge in [-0.1, -0.05) is 12.1 Å². The van der Waals surface area contributed by atoms with Crippen molar-refractivity contribution in [1.82, 2.24) is 19.9 Å². The molecule has 0 fully saturated rings. The number of hydrogen-bond donors (Lipinski definition) is 1. The summed E-state index contributed by atoms with van der Waals surface area (Å²) in [5, 5.41) is 7.77. The first-order valence-corrected chi connectivity index (χ1v) is 6.44. The van der Waals surface area contributed by atoms with Gasteiger partial charge in [-0.2, -0.15) is 5.10 Å². The van der Waals surface area contributed by atoms with E-state index in [1.165, 1.54) is 11.1 Å². The molecule has 96 valence electrons. The van der Waals surface area contributed by atoms with Crippen LogP contribution >= 0.6 is 0 Å². The molecule has 3 heterocycles. The average Bonchev–Trinajstić information content (AvgIpc) is 2.88. The summed E-state index contributed by atoms with van der Waals surface area (Å²) >= 11 is 0. The van der Waals surface area contributed by atoms with E-state index < -0.39 is 0 Å². The molecule has 3 rings (SSSR count). The van der Waals surface area contributed by atoms with Gasteiger partial charge in [0.05, 0.1) is 11.7 Å². The molecule has 0 amide bonds. The summed E-state index contributed by atoms with van der Waals surface area (Å²) in [4.78, 5) is 4.11. The molecule has 4 heteroatoms. The molecule has 0 spiro atoms. The van der Waals surface area contributed by atoms with E-state index in [0.717, 1.165) is 25.0 Å². The van der Waals surface area contributed by atoms with Gasteiger partial charge in [0.25, 0.3) is 0 Å². The second kappa shape index (κ2) is 5.63. The largest absolute Gasteiger partial charge is 0.312 e. The monoisotopic (exact) mass is 252 g/mol. The Morgan fingerprint density at radius 1 is 1.11 bits per heavy atom. The highest BCUT2D eigenvalue weighted by Crippen LogP contribution is 2.09. The van der Waals surface area contributed by atoms with Crippen molar-refractivity contribution in [3.05, 3.63) is 66.2 Å². The molecule has 1 N–H and O–H groups in total. The Bertz CT molecular complexity index is 645. The van der Waals surface area contributed by atoms with Crippen molar-refractivity contribution in [3.63, 3.8) is 0 Å². The highest BCUT2D eigenvalue weighted by molar-refractivity contribution is 5.53. The van der Waals surface area contributed by atoms with Crippen LogP contribution in [0.25, 0.3) is 5.52 Å². The second-order valence-electron chi connectivity index (χ2n) is 4.49. The van der Waals surface area contributed by atoms with E-state index >= 15 is 0 Å². The van der Waals surface area contributed by atoms with Crippen molar-refractivity contribution in [3.8, 4) is 0 Å². The lowest BCUT2D eigenvalue weighted by Gasteiger charge is -2.03. The van der Waals surface area contributed by atoms with Crippen molar-refractivity contribution < 1.29 is 0 Å². The lowest BCUT2D eigenvalue weighted by atomic mass is 10.2. The number of nitrogens with one attached hydrogen (secondary N) is 1. The fraction of sp³-hybridized carbons (Fsp3) is 0.200. The van der Waals surface area contributed by atoms with Crippen LogP contribution in [0, 0.1) is 0 Å². The SMILES string of the molecule is c1cncc(CCNCc2cnn3ccccc23)c1. The Morgan fingerprint density at radius 2 is 2.11 bits per heavy atom. The van der Waals surface area contributed by atoms with Crippen LogP contribution in [0.3, 0.4) is 0 Å². The zero-order valence-electron chi connectivity index (χ0n) is 10.7. The van der Waals surface area contributed by atoms with Gasteiger partial charge in [0, 0.05) is 30.7 Å². The molecule has 3 aromatic heterocycles. The van der Waals surface area contributed by atoms with E-state index in [1.54, 1.807) is 6.20 Å². The van der Waals surface area contributed by atoms with Gasteiger partial charge in [-0.3, -0.25) is 4.98 Å². The Hall–Kier alpha value is -2.20. The van der Waals surface area contributed by atoms with Crippen molar-refractivity contribution in [1.29, 1.82) is 0 Å². The third-order valence-electron chi connectivity index (χ3n) is 3.13. The summed E-state index contributed by atoms with van der Waals surface area (Å²) in [5.74, 6) is 0. The molecule has 0 bridgehead atoms. The van der Waals surface area contributed by atoms with Crippen molar-refractivity contribution in [2.45, 2.75) is 13.0 Å². The van der Waals surface area contributed by atoms with Crippen LogP contribution in [-0.4, -0.2) is 21.1 Å². The van der Waals surface area contributed by atoms with E-state index in [-0.39, 0.29) is 0 Å². The Labute approximate surface area is 112 Å². The molecule has 3 aromatic rings. The topological polar surface area (TPSA) is 42.2 Å². The van der Waals surface area contributed by atoms with Crippen LogP contribution in [0.5, 0.6) is 0 Å². The van der Waals surface area contributed by atoms with Gasteiger partial charge in [0.2, 0.25) is 0 Å². The van der Waals surface area contributed by atoms with Crippen molar-refractivity contribution in [2.75, 3.05) is 6.54 Å². The van der Waals surface area contributed by atoms with Gasteiger partial charge in [-0.25, -0.2) is 4.52 Å². The average molecular weight is 252 g/mol. The summed E-state index contributed by atoms with van der Waals surface area (Å²) in [6, 6.07) is 10.2. The van der Waals surface area contributed by atoms with E-state index in [1.807, 2.05) is 41.3 Å². The first-order chi connectivity index (χ1) is 9.43. The highest BCUT2D eigenvalue weighted by atomic mass is 15.2. The van der Waals surface area contributed by atoms with E-state index in [0.29, 0.717) is 0 Å². The summed E-state index contributed by atoms with van der Waals surface area (Å²) < 4.78 is 1.90. The van der Waals surface area contributed by atoms with Crippen LogP contribution in [0.4, 0.5) is 0 Å². The van der Waals surface area contributed by atoms with Crippen LogP contribution in [0.1, 0.15) is 11.1 Å². The van der Waals surface area contributed by atoms with Gasteiger partial charge in [-0.15, -0.1) is 0 Å². The standard InChI is InChI=1S/C15H16N4/c1-2-9-19-15(5-1)14(12-18-19)11-17-8-6-13-4-3-7-16-10-13/h1-5,7,9-10,12,17H,6,8,11H2. The Kier molecular flexibility index (Phi) is 3.51. The predicted octanol–water partition coefficient (Wildman–Crippen LogP) is 2.06. The van der Waals surface area contributed by atoms with E-state index in [2.05, 4.69) is 27.5 Å². The molecular formula is C15H16N4. The number of fused-ring (bicyclic) bond motifs is 1. The van der Waals surface area contributed by atoms with Gasteiger partial charge in [0.15, 0.2) is 0 Å². The summed E-state index contributed by atoms with van der Waals surface area (Å²) in [6.07, 6.45) is 8.60. The number of aromatic nitrogens is 3. The quantitative estimate of drug-likeness (QED) is 0.707. The zero-order chi connectivity index (χ0) is 12.9. The minimum atomic E-state index is 0.841. The molecule has 0 aliphatic rings. The Balaban J connectivity index is 1.55. The minimum absolute atomic E-state index is 0.841. The molecular weight excluding hydrogens is 236 g/mol.